The molecule has 3 rings (SSSR count). The topological polar surface area (TPSA) is 90.1 Å². The van der Waals surface area contributed by atoms with Gasteiger partial charge in [-0.3, -0.25) is 9.78 Å². The van der Waals surface area contributed by atoms with Crippen LogP contribution in [0, 0.1) is 0 Å². The van der Waals surface area contributed by atoms with Crippen LogP contribution < -0.4 is 0 Å². The molecule has 0 bridgehead atoms. The summed E-state index contributed by atoms with van der Waals surface area (Å²) in [5, 5.41) is 13.3. The number of ether oxygens (including phenoxy) is 1. The van der Waals surface area contributed by atoms with Gasteiger partial charge in [0.05, 0.1) is 6.61 Å². The first-order valence-electron chi connectivity index (χ1n) is 6.38. The molecule has 104 valence electrons. The van der Waals surface area contributed by atoms with Gasteiger partial charge in [0.2, 0.25) is 0 Å². The molecule has 1 aliphatic heterocycles. The van der Waals surface area contributed by atoms with Crippen LogP contribution in [0.3, 0.4) is 0 Å². The molecule has 0 saturated carbocycles. The van der Waals surface area contributed by atoms with E-state index < -0.39 is 5.97 Å². The van der Waals surface area contributed by atoms with Crippen molar-refractivity contribution in [2.45, 2.75) is 18.9 Å². The lowest BCUT2D eigenvalue weighted by Gasteiger charge is -2.07. The van der Waals surface area contributed by atoms with Crippen LogP contribution in [0.4, 0.5) is 0 Å². The van der Waals surface area contributed by atoms with Crippen molar-refractivity contribution in [3.05, 3.63) is 30.4 Å². The third-order valence-corrected chi connectivity index (χ3v) is 3.22. The van der Waals surface area contributed by atoms with E-state index in [2.05, 4.69) is 15.1 Å². The first-order valence-corrected chi connectivity index (χ1v) is 6.38. The lowest BCUT2D eigenvalue weighted by atomic mass is 10.1. The van der Waals surface area contributed by atoms with Crippen LogP contribution in [0.1, 0.15) is 18.2 Å². The Morgan fingerprint density at radius 2 is 2.25 bits per heavy atom. The predicted octanol–water partition coefficient (Wildman–Crippen LogP) is 0.929. The van der Waals surface area contributed by atoms with E-state index in [0.717, 1.165) is 12.0 Å². The van der Waals surface area contributed by atoms with Crippen molar-refractivity contribution in [2.75, 3.05) is 13.2 Å². The summed E-state index contributed by atoms with van der Waals surface area (Å²) in [6.45, 7) is 1.05. The number of carboxylic acids is 1. The molecule has 7 nitrogen and oxygen atoms in total. The molecule has 1 fully saturated rings. The zero-order chi connectivity index (χ0) is 13.9. The Morgan fingerprint density at radius 3 is 2.90 bits per heavy atom. The number of rotatable bonds is 4. The average Bonchev–Trinajstić information content (AvgIpc) is 3.08. The van der Waals surface area contributed by atoms with Crippen LogP contribution in [-0.2, 0) is 16.1 Å². The van der Waals surface area contributed by atoms with Crippen LogP contribution in [0.15, 0.2) is 24.5 Å². The molecule has 1 N–H and O–H groups in total. The van der Waals surface area contributed by atoms with E-state index in [9.17, 15) is 4.79 Å². The second-order valence-electron chi connectivity index (χ2n) is 4.64. The normalized spacial score (nSPS) is 18.3. The van der Waals surface area contributed by atoms with E-state index >= 15 is 0 Å². The van der Waals surface area contributed by atoms with Crippen LogP contribution >= 0.6 is 0 Å². The van der Waals surface area contributed by atoms with Gasteiger partial charge in [0.15, 0.2) is 5.82 Å². The lowest BCUT2D eigenvalue weighted by molar-refractivity contribution is -0.137. The van der Waals surface area contributed by atoms with Crippen LogP contribution in [-0.4, -0.2) is 44.0 Å². The highest BCUT2D eigenvalue weighted by molar-refractivity contribution is 5.66. The molecule has 0 unspecified atom stereocenters. The third-order valence-electron chi connectivity index (χ3n) is 3.22. The molecule has 0 aromatic carbocycles. The maximum absolute atomic E-state index is 11.0. The van der Waals surface area contributed by atoms with E-state index in [1.165, 1.54) is 4.68 Å². The first-order chi connectivity index (χ1) is 9.74. The Balaban J connectivity index is 1.98. The molecule has 20 heavy (non-hydrogen) atoms. The van der Waals surface area contributed by atoms with Gasteiger partial charge in [-0.15, -0.1) is 0 Å². The highest BCUT2D eigenvalue weighted by atomic mass is 16.5. The summed E-state index contributed by atoms with van der Waals surface area (Å²) in [5.41, 5.74) is 0.823. The Bertz CT molecular complexity index is 605. The molecular weight excluding hydrogens is 260 g/mol. The highest BCUT2D eigenvalue weighted by Gasteiger charge is 2.25. The third kappa shape index (κ3) is 2.53. The summed E-state index contributed by atoms with van der Waals surface area (Å²) in [6, 6.07) is 3.60. The monoisotopic (exact) mass is 274 g/mol. The van der Waals surface area contributed by atoms with Crippen LogP contribution in [0.5, 0.6) is 0 Å². The Kier molecular flexibility index (Phi) is 3.42. The van der Waals surface area contributed by atoms with E-state index in [4.69, 9.17) is 9.84 Å². The standard InChI is InChI=1S/C13H14N4O3/c18-11(19)7-17-13(10-3-6-20-8-10)15-12(16-17)9-1-4-14-5-2-9/h1-2,4-5,10H,3,6-8H2,(H,18,19)/t10-/m1/s1. The number of hydrogen-bond donors (Lipinski definition) is 1. The Morgan fingerprint density at radius 1 is 1.45 bits per heavy atom. The van der Waals surface area contributed by atoms with Gasteiger partial charge >= 0.3 is 5.97 Å². The Hall–Kier alpha value is -2.28. The number of carboxylic acid groups (broad SMARTS) is 1. The minimum Gasteiger partial charge on any atom is -0.480 e. The lowest BCUT2D eigenvalue weighted by Crippen LogP contribution is -2.16. The molecule has 7 heteroatoms. The molecule has 1 aliphatic rings. The molecule has 0 amide bonds. The van der Waals surface area contributed by atoms with Gasteiger partial charge in [0, 0.05) is 30.5 Å². The molecule has 2 aromatic heterocycles. The van der Waals surface area contributed by atoms with Gasteiger partial charge in [-0.2, -0.15) is 5.10 Å². The number of hydrogen-bond acceptors (Lipinski definition) is 5. The van der Waals surface area contributed by atoms with Crippen molar-refractivity contribution >= 4 is 5.97 Å². The van der Waals surface area contributed by atoms with Gasteiger partial charge in [-0.05, 0) is 18.6 Å². The molecule has 2 aromatic rings. The summed E-state index contributed by atoms with van der Waals surface area (Å²) < 4.78 is 6.80. The number of aliphatic carboxylic acids is 1. The first kappa shape index (κ1) is 12.7. The van der Waals surface area contributed by atoms with Gasteiger partial charge in [0.1, 0.15) is 12.4 Å². The quantitative estimate of drug-likeness (QED) is 0.892. The minimum absolute atomic E-state index is 0.109. The highest BCUT2D eigenvalue weighted by Crippen LogP contribution is 2.26. The van der Waals surface area contributed by atoms with Crippen molar-refractivity contribution in [1.82, 2.24) is 19.7 Å². The molecule has 0 radical (unpaired) electrons. The van der Waals surface area contributed by atoms with Crippen LogP contribution in [0.2, 0.25) is 0 Å². The zero-order valence-corrected chi connectivity index (χ0v) is 10.8. The maximum Gasteiger partial charge on any atom is 0.325 e. The van der Waals surface area contributed by atoms with Crippen molar-refractivity contribution < 1.29 is 14.6 Å². The van der Waals surface area contributed by atoms with Crippen molar-refractivity contribution in [3.8, 4) is 11.4 Å². The van der Waals surface area contributed by atoms with Crippen molar-refractivity contribution in [2.24, 2.45) is 0 Å². The SMILES string of the molecule is O=C(O)Cn1nc(-c2ccncc2)nc1[C@@H]1CCOC1. The van der Waals surface area contributed by atoms with Crippen molar-refractivity contribution in [3.63, 3.8) is 0 Å². The number of pyridine rings is 1. The fraction of sp³-hybridized carbons (Fsp3) is 0.385. The van der Waals surface area contributed by atoms with E-state index in [-0.39, 0.29) is 12.5 Å². The van der Waals surface area contributed by atoms with E-state index in [1.54, 1.807) is 24.5 Å². The molecule has 0 spiro atoms. The van der Waals surface area contributed by atoms with Crippen LogP contribution in [0.25, 0.3) is 11.4 Å². The van der Waals surface area contributed by atoms with E-state index in [0.29, 0.717) is 24.9 Å². The van der Waals surface area contributed by atoms with Gasteiger partial charge in [-0.1, -0.05) is 0 Å². The number of carbonyl (C=O) groups is 1. The predicted molar refractivity (Wildman–Crippen MR) is 69.1 cm³/mol. The van der Waals surface area contributed by atoms with Crippen molar-refractivity contribution in [1.29, 1.82) is 0 Å². The van der Waals surface area contributed by atoms with Gasteiger partial charge < -0.3 is 9.84 Å². The fourth-order valence-electron chi connectivity index (χ4n) is 2.26. The molecule has 1 saturated heterocycles. The Labute approximate surface area is 115 Å². The zero-order valence-electron chi connectivity index (χ0n) is 10.8. The van der Waals surface area contributed by atoms with Gasteiger partial charge in [0.25, 0.3) is 0 Å². The van der Waals surface area contributed by atoms with E-state index in [1.807, 2.05) is 0 Å². The summed E-state index contributed by atoms with van der Waals surface area (Å²) in [6.07, 6.45) is 4.16. The average molecular weight is 274 g/mol. The largest absolute Gasteiger partial charge is 0.480 e. The second kappa shape index (κ2) is 5.38. The minimum atomic E-state index is -0.934. The molecule has 3 heterocycles. The smallest absolute Gasteiger partial charge is 0.325 e. The number of aromatic nitrogens is 4. The summed E-state index contributed by atoms with van der Waals surface area (Å²) >= 11 is 0. The molecule has 1 atom stereocenters. The summed E-state index contributed by atoms with van der Waals surface area (Å²) in [5.74, 6) is 0.376. The molecular formula is C13H14N4O3. The fourth-order valence-corrected chi connectivity index (χ4v) is 2.26. The molecule has 0 aliphatic carbocycles. The number of nitrogens with zero attached hydrogens (tertiary/aromatic N) is 4. The summed E-state index contributed by atoms with van der Waals surface area (Å²) in [4.78, 5) is 19.4. The maximum atomic E-state index is 11.0. The second-order valence-corrected chi connectivity index (χ2v) is 4.64. The summed E-state index contributed by atoms with van der Waals surface area (Å²) in [7, 11) is 0. The van der Waals surface area contributed by atoms with Gasteiger partial charge in [-0.25, -0.2) is 9.67 Å².